The first kappa shape index (κ1) is 12.4. The number of aromatic carboxylic acids is 1. The van der Waals surface area contributed by atoms with Crippen LogP contribution in [0.15, 0.2) is 30.5 Å². The predicted molar refractivity (Wildman–Crippen MR) is 66.7 cm³/mol. The molecule has 0 N–H and O–H groups in total. The normalized spacial score (nSPS) is 10.9. The van der Waals surface area contributed by atoms with E-state index in [1.807, 2.05) is 45.0 Å². The third-order valence-electron chi connectivity index (χ3n) is 2.82. The first-order chi connectivity index (χ1) is 8.50. The minimum Gasteiger partial charge on any atom is -0.545 e. The molecular weight excluding hydrogens is 228 g/mol. The van der Waals surface area contributed by atoms with E-state index in [2.05, 4.69) is 5.10 Å². The molecule has 0 aliphatic heterocycles. The van der Waals surface area contributed by atoms with Gasteiger partial charge >= 0.3 is 0 Å². The number of nitrogens with zero attached hydrogens (tertiary/aromatic N) is 2. The van der Waals surface area contributed by atoms with Gasteiger partial charge in [-0.1, -0.05) is 26.0 Å². The summed E-state index contributed by atoms with van der Waals surface area (Å²) in [6, 6.07) is 7.79. The van der Waals surface area contributed by atoms with Crippen LogP contribution in [0.2, 0.25) is 0 Å². The fraction of sp³-hybridized carbons (Fsp3) is 0.286. The van der Waals surface area contributed by atoms with Crippen LogP contribution in [-0.4, -0.2) is 15.7 Å². The lowest BCUT2D eigenvalue weighted by Crippen LogP contribution is -2.24. The van der Waals surface area contributed by atoms with Crippen molar-refractivity contribution in [1.82, 2.24) is 9.78 Å². The summed E-state index contributed by atoms with van der Waals surface area (Å²) in [5.74, 6) is -1.13. The van der Waals surface area contributed by atoms with Crippen LogP contribution in [-0.2, 0) is 0 Å². The highest BCUT2D eigenvalue weighted by atomic mass is 16.4. The maximum Gasteiger partial charge on any atom is 0.0749 e. The van der Waals surface area contributed by atoms with Crippen LogP contribution in [0.1, 0.15) is 41.4 Å². The van der Waals surface area contributed by atoms with Crippen molar-refractivity contribution in [2.24, 2.45) is 0 Å². The van der Waals surface area contributed by atoms with Crippen molar-refractivity contribution in [3.63, 3.8) is 0 Å². The second-order valence-electron chi connectivity index (χ2n) is 4.64. The Kier molecular flexibility index (Phi) is 3.19. The highest BCUT2D eigenvalue weighted by molar-refractivity contribution is 5.87. The second-order valence-corrected chi connectivity index (χ2v) is 4.64. The van der Waals surface area contributed by atoms with Crippen molar-refractivity contribution in [3.8, 4) is 5.69 Å². The van der Waals surface area contributed by atoms with E-state index < -0.39 is 5.97 Å². The van der Waals surface area contributed by atoms with Gasteiger partial charge in [-0.15, -0.1) is 0 Å². The second kappa shape index (κ2) is 4.64. The van der Waals surface area contributed by atoms with E-state index in [9.17, 15) is 9.90 Å². The van der Waals surface area contributed by atoms with Crippen molar-refractivity contribution in [3.05, 3.63) is 47.3 Å². The molecule has 0 radical (unpaired) electrons. The van der Waals surface area contributed by atoms with Gasteiger partial charge in [-0.3, -0.25) is 0 Å². The van der Waals surface area contributed by atoms with Gasteiger partial charge in [0, 0.05) is 5.56 Å². The lowest BCUT2D eigenvalue weighted by atomic mass is 10.1. The summed E-state index contributed by atoms with van der Waals surface area (Å²) in [6.07, 6.45) is 1.35. The fourth-order valence-electron chi connectivity index (χ4n) is 2.04. The van der Waals surface area contributed by atoms with Crippen LogP contribution in [0.5, 0.6) is 0 Å². The molecule has 0 spiro atoms. The number of carbonyl (C=O) groups excluding carboxylic acids is 1. The lowest BCUT2D eigenvalue weighted by molar-refractivity contribution is -0.255. The minimum atomic E-state index is -1.18. The van der Waals surface area contributed by atoms with Gasteiger partial charge in [-0.05, 0) is 30.5 Å². The Morgan fingerprint density at radius 3 is 2.67 bits per heavy atom. The average Bonchev–Trinajstić information content (AvgIpc) is 2.73. The summed E-state index contributed by atoms with van der Waals surface area (Å²) in [6.45, 7) is 5.87. The fourth-order valence-corrected chi connectivity index (χ4v) is 2.04. The molecule has 0 amide bonds. The summed E-state index contributed by atoms with van der Waals surface area (Å²) in [4.78, 5) is 11.1. The van der Waals surface area contributed by atoms with Gasteiger partial charge in [-0.25, -0.2) is 4.68 Å². The van der Waals surface area contributed by atoms with Gasteiger partial charge < -0.3 is 9.90 Å². The minimum absolute atomic E-state index is 0.0564. The molecule has 2 rings (SSSR count). The van der Waals surface area contributed by atoms with E-state index in [1.54, 1.807) is 4.68 Å². The van der Waals surface area contributed by atoms with E-state index in [4.69, 9.17) is 0 Å². The number of aryl methyl sites for hydroxylation is 1. The Bertz CT molecular complexity index is 585. The van der Waals surface area contributed by atoms with Gasteiger partial charge in [0.1, 0.15) is 0 Å². The molecule has 0 aliphatic rings. The summed E-state index contributed by atoms with van der Waals surface area (Å²) < 4.78 is 1.67. The summed E-state index contributed by atoms with van der Waals surface area (Å²) >= 11 is 0. The van der Waals surface area contributed by atoms with Crippen LogP contribution in [0.25, 0.3) is 5.69 Å². The molecule has 4 nitrogen and oxygen atoms in total. The molecule has 1 aromatic carbocycles. The molecule has 0 saturated heterocycles. The third-order valence-corrected chi connectivity index (χ3v) is 2.82. The molecule has 1 heterocycles. The molecule has 0 bridgehead atoms. The standard InChI is InChI=1S/C14H16N2O2/c1-9(2)13-12(14(17)18)8-15-16(13)11-6-4-5-10(3)7-11/h4-9H,1-3H3,(H,17,18)/p-1. The molecule has 18 heavy (non-hydrogen) atoms. The van der Waals surface area contributed by atoms with E-state index in [0.717, 1.165) is 11.3 Å². The Balaban J connectivity index is 2.61. The predicted octanol–water partition coefficient (Wildman–Crippen LogP) is 1.67. The number of hydrogen-bond acceptors (Lipinski definition) is 3. The highest BCUT2D eigenvalue weighted by Gasteiger charge is 2.16. The van der Waals surface area contributed by atoms with Crippen LogP contribution >= 0.6 is 0 Å². The molecule has 0 fully saturated rings. The molecule has 0 atom stereocenters. The Hall–Kier alpha value is -2.10. The average molecular weight is 243 g/mol. The quantitative estimate of drug-likeness (QED) is 0.823. The number of benzene rings is 1. The van der Waals surface area contributed by atoms with Crippen molar-refractivity contribution >= 4 is 5.97 Å². The number of carbonyl (C=O) groups is 1. The summed E-state index contributed by atoms with van der Waals surface area (Å²) in [7, 11) is 0. The Morgan fingerprint density at radius 2 is 2.11 bits per heavy atom. The van der Waals surface area contributed by atoms with Gasteiger partial charge in [-0.2, -0.15) is 5.10 Å². The molecule has 0 unspecified atom stereocenters. The van der Waals surface area contributed by atoms with Crippen LogP contribution in [0.4, 0.5) is 0 Å². The zero-order valence-corrected chi connectivity index (χ0v) is 10.7. The smallest absolute Gasteiger partial charge is 0.0749 e. The summed E-state index contributed by atoms with van der Waals surface area (Å²) in [5, 5.41) is 15.2. The number of carboxylic acids is 1. The van der Waals surface area contributed by atoms with E-state index >= 15 is 0 Å². The Labute approximate surface area is 106 Å². The van der Waals surface area contributed by atoms with Crippen molar-refractivity contribution < 1.29 is 9.90 Å². The maximum atomic E-state index is 11.1. The number of hydrogen-bond donors (Lipinski definition) is 0. The van der Waals surface area contributed by atoms with E-state index in [1.165, 1.54) is 6.20 Å². The molecular formula is C14H15N2O2-. The third kappa shape index (κ3) is 2.14. The first-order valence-corrected chi connectivity index (χ1v) is 5.87. The zero-order chi connectivity index (χ0) is 13.3. The zero-order valence-electron chi connectivity index (χ0n) is 10.7. The van der Waals surface area contributed by atoms with Crippen molar-refractivity contribution in [2.45, 2.75) is 26.7 Å². The molecule has 2 aromatic rings. The SMILES string of the molecule is Cc1cccc(-n2ncc(C(=O)[O-])c2C(C)C)c1. The number of aromatic nitrogens is 2. The van der Waals surface area contributed by atoms with Gasteiger partial charge in [0.05, 0.1) is 23.5 Å². The Morgan fingerprint density at radius 1 is 1.39 bits per heavy atom. The molecule has 0 saturated carbocycles. The van der Waals surface area contributed by atoms with Gasteiger partial charge in [0.25, 0.3) is 0 Å². The van der Waals surface area contributed by atoms with Crippen molar-refractivity contribution in [1.29, 1.82) is 0 Å². The van der Waals surface area contributed by atoms with Gasteiger partial charge in [0.15, 0.2) is 0 Å². The first-order valence-electron chi connectivity index (χ1n) is 5.87. The van der Waals surface area contributed by atoms with Crippen LogP contribution in [0, 0.1) is 6.92 Å². The summed E-state index contributed by atoms with van der Waals surface area (Å²) in [5.41, 5.74) is 2.80. The molecule has 0 aliphatic carbocycles. The number of carboxylic acid groups (broad SMARTS) is 1. The van der Waals surface area contributed by atoms with E-state index in [-0.39, 0.29) is 11.5 Å². The maximum absolute atomic E-state index is 11.1. The van der Waals surface area contributed by atoms with E-state index in [0.29, 0.717) is 5.69 Å². The van der Waals surface area contributed by atoms with Gasteiger partial charge in [0.2, 0.25) is 0 Å². The van der Waals surface area contributed by atoms with Crippen LogP contribution in [0.3, 0.4) is 0 Å². The molecule has 4 heteroatoms. The number of rotatable bonds is 3. The molecule has 1 aromatic heterocycles. The monoisotopic (exact) mass is 243 g/mol. The van der Waals surface area contributed by atoms with Crippen molar-refractivity contribution in [2.75, 3.05) is 0 Å². The molecule has 94 valence electrons. The largest absolute Gasteiger partial charge is 0.545 e. The highest BCUT2D eigenvalue weighted by Crippen LogP contribution is 2.22. The topological polar surface area (TPSA) is 58.0 Å². The van der Waals surface area contributed by atoms with Crippen LogP contribution < -0.4 is 5.11 Å². The lowest BCUT2D eigenvalue weighted by Gasteiger charge is -2.13.